The molecule has 1 aliphatic carbocycles. The summed E-state index contributed by atoms with van der Waals surface area (Å²) in [6.45, 7) is 3.14. The molecule has 2 aromatic carbocycles. The number of benzene rings is 2. The van der Waals surface area contributed by atoms with Gasteiger partial charge in [0.1, 0.15) is 6.61 Å². The van der Waals surface area contributed by atoms with Crippen LogP contribution in [-0.2, 0) is 38.5 Å². The van der Waals surface area contributed by atoms with E-state index in [0.29, 0.717) is 12.8 Å². The van der Waals surface area contributed by atoms with Crippen LogP contribution in [0, 0.1) is 0 Å². The second-order valence-corrected chi connectivity index (χ2v) is 7.09. The average molecular weight is 427 g/mol. The van der Waals surface area contributed by atoms with Gasteiger partial charge < -0.3 is 15.2 Å². The molecule has 3 rings (SSSR count). The van der Waals surface area contributed by atoms with Gasteiger partial charge >= 0.3 is 12.1 Å². The molecule has 7 heteroatoms. The summed E-state index contributed by atoms with van der Waals surface area (Å²) in [7, 11) is 1.50. The summed E-state index contributed by atoms with van der Waals surface area (Å²) < 4.78 is 10.7. The van der Waals surface area contributed by atoms with Crippen molar-refractivity contribution in [1.29, 1.82) is 0 Å². The van der Waals surface area contributed by atoms with Gasteiger partial charge in [-0.2, -0.15) is 0 Å². The van der Waals surface area contributed by atoms with E-state index in [0.717, 1.165) is 21.6 Å². The topological polar surface area (TPSA) is 98.9 Å². The van der Waals surface area contributed by atoms with Crippen LogP contribution in [0.3, 0.4) is 0 Å². The first-order chi connectivity index (χ1) is 15.0. The normalized spacial score (nSPS) is 16.8. The molecule has 0 radical (unpaired) electrons. The van der Waals surface area contributed by atoms with Crippen molar-refractivity contribution in [3.63, 3.8) is 0 Å². The Morgan fingerprint density at radius 3 is 2.19 bits per heavy atom. The van der Waals surface area contributed by atoms with Gasteiger partial charge in [-0.15, -0.1) is 0 Å². The zero-order valence-electron chi connectivity index (χ0n) is 18.3. The van der Waals surface area contributed by atoms with Crippen molar-refractivity contribution in [2.75, 3.05) is 13.7 Å². The number of hydrogen-bond acceptors (Lipinski definition) is 6. The predicted octanol–water partition coefficient (Wildman–Crippen LogP) is 3.24. The Morgan fingerprint density at radius 2 is 1.58 bits per heavy atom. The van der Waals surface area contributed by atoms with E-state index in [2.05, 4.69) is 5.73 Å². The monoisotopic (exact) mass is 426 g/mol. The Bertz CT molecular complexity index is 900. The summed E-state index contributed by atoms with van der Waals surface area (Å²) in [5, 5.41) is 0. The van der Waals surface area contributed by atoms with Crippen LogP contribution in [0.1, 0.15) is 37.0 Å². The largest absolute Gasteiger partial charge is 0.464 e. The molecule has 0 bridgehead atoms. The number of fused-ring (bicyclic) bond motifs is 1. The highest BCUT2D eigenvalue weighted by Gasteiger charge is 2.52. The van der Waals surface area contributed by atoms with Crippen molar-refractivity contribution in [3.8, 4) is 0 Å². The standard InChI is InChI=1S/C23H25NO5.CH5N/c1-3-28-21(26)23(14-13-19-11-7-8-12-20(19)15-23)24(17(2)25)22(27)29-16-18-9-5-4-6-10-18;1-2/h4-12H,3,13-16H2,1-2H3;2H2,1H3. The van der Waals surface area contributed by atoms with Crippen molar-refractivity contribution in [1.82, 2.24) is 4.90 Å². The number of esters is 1. The van der Waals surface area contributed by atoms with Crippen LogP contribution in [0.5, 0.6) is 0 Å². The van der Waals surface area contributed by atoms with E-state index in [4.69, 9.17) is 9.47 Å². The first-order valence-electron chi connectivity index (χ1n) is 10.3. The lowest BCUT2D eigenvalue weighted by Crippen LogP contribution is -2.62. The Morgan fingerprint density at radius 1 is 0.968 bits per heavy atom. The highest BCUT2D eigenvalue weighted by molar-refractivity contribution is 5.98. The van der Waals surface area contributed by atoms with Crippen LogP contribution in [0.15, 0.2) is 54.6 Å². The van der Waals surface area contributed by atoms with Gasteiger partial charge in [0.05, 0.1) is 6.61 Å². The Hall–Kier alpha value is -3.19. The number of aryl methyl sites for hydroxylation is 1. The number of imide groups is 1. The van der Waals surface area contributed by atoms with Crippen molar-refractivity contribution in [2.45, 2.75) is 45.3 Å². The number of carbonyl (C=O) groups excluding carboxylic acids is 3. The zero-order valence-corrected chi connectivity index (χ0v) is 18.3. The Balaban J connectivity index is 0.00000166. The zero-order chi connectivity index (χ0) is 22.9. The number of ether oxygens (including phenoxy) is 2. The van der Waals surface area contributed by atoms with Crippen LogP contribution >= 0.6 is 0 Å². The fourth-order valence-electron chi connectivity index (χ4n) is 3.83. The molecule has 0 aromatic heterocycles. The summed E-state index contributed by atoms with van der Waals surface area (Å²) in [6.07, 6.45) is 0.226. The number of rotatable bonds is 5. The summed E-state index contributed by atoms with van der Waals surface area (Å²) in [5.74, 6) is -1.13. The molecule has 2 N–H and O–H groups in total. The summed E-state index contributed by atoms with van der Waals surface area (Å²) in [6, 6.07) is 16.9. The van der Waals surface area contributed by atoms with Crippen LogP contribution < -0.4 is 5.73 Å². The minimum Gasteiger partial charge on any atom is -0.464 e. The van der Waals surface area contributed by atoms with Crippen LogP contribution in [0.4, 0.5) is 4.79 Å². The first kappa shape index (κ1) is 24.1. The van der Waals surface area contributed by atoms with E-state index in [1.165, 1.54) is 14.0 Å². The molecule has 31 heavy (non-hydrogen) atoms. The molecule has 0 heterocycles. The van der Waals surface area contributed by atoms with E-state index in [1.807, 2.05) is 54.6 Å². The fraction of sp³-hybridized carbons (Fsp3) is 0.375. The molecule has 0 saturated carbocycles. The lowest BCUT2D eigenvalue weighted by Gasteiger charge is -2.42. The number of amides is 2. The van der Waals surface area contributed by atoms with Gasteiger partial charge in [0.25, 0.3) is 0 Å². The second-order valence-electron chi connectivity index (χ2n) is 7.09. The molecule has 7 nitrogen and oxygen atoms in total. The SMILES string of the molecule is CCOC(=O)C1(N(C(C)=O)C(=O)OCc2ccccc2)CCc2ccccc2C1.CN. The lowest BCUT2D eigenvalue weighted by molar-refractivity contribution is -0.162. The molecule has 166 valence electrons. The number of nitrogens with zero attached hydrogens (tertiary/aromatic N) is 1. The molecule has 1 atom stereocenters. The van der Waals surface area contributed by atoms with Crippen LogP contribution in [0.2, 0.25) is 0 Å². The summed E-state index contributed by atoms with van der Waals surface area (Å²) in [5.41, 5.74) is 5.91. The van der Waals surface area contributed by atoms with Crippen molar-refractivity contribution in [2.24, 2.45) is 5.73 Å². The molecule has 2 aromatic rings. The smallest absolute Gasteiger partial charge is 0.417 e. The van der Waals surface area contributed by atoms with E-state index in [9.17, 15) is 14.4 Å². The molecule has 1 unspecified atom stereocenters. The summed E-state index contributed by atoms with van der Waals surface area (Å²) in [4.78, 5) is 39.5. The maximum atomic E-state index is 13.0. The highest BCUT2D eigenvalue weighted by Crippen LogP contribution is 2.35. The van der Waals surface area contributed by atoms with Gasteiger partial charge in [-0.05, 0) is 43.5 Å². The van der Waals surface area contributed by atoms with Gasteiger partial charge in [0, 0.05) is 13.3 Å². The molecular weight excluding hydrogens is 396 g/mol. The van der Waals surface area contributed by atoms with Crippen molar-refractivity contribution < 1.29 is 23.9 Å². The fourth-order valence-corrected chi connectivity index (χ4v) is 3.83. The maximum absolute atomic E-state index is 13.0. The van der Waals surface area contributed by atoms with Crippen LogP contribution in [-0.4, -0.2) is 42.1 Å². The number of nitrogens with two attached hydrogens (primary N) is 1. The maximum Gasteiger partial charge on any atom is 0.417 e. The minimum atomic E-state index is -1.41. The number of hydrogen-bond donors (Lipinski definition) is 1. The minimum absolute atomic E-state index is 0.0128. The third kappa shape index (κ3) is 5.49. The molecule has 0 spiro atoms. The predicted molar refractivity (Wildman–Crippen MR) is 117 cm³/mol. The Labute approximate surface area is 183 Å². The summed E-state index contributed by atoms with van der Waals surface area (Å²) >= 11 is 0. The number of carbonyl (C=O) groups is 3. The van der Waals surface area contributed by atoms with Crippen molar-refractivity contribution in [3.05, 3.63) is 71.3 Å². The Kier molecular flexibility index (Phi) is 8.75. The van der Waals surface area contributed by atoms with Gasteiger partial charge in [-0.25, -0.2) is 14.5 Å². The molecule has 0 aliphatic heterocycles. The second kappa shape index (κ2) is 11.3. The van der Waals surface area contributed by atoms with E-state index < -0.39 is 23.5 Å². The van der Waals surface area contributed by atoms with Crippen molar-refractivity contribution >= 4 is 18.0 Å². The molecule has 2 amide bonds. The average Bonchev–Trinajstić information content (AvgIpc) is 2.79. The molecule has 0 fully saturated rings. The molecule has 0 saturated heterocycles. The highest BCUT2D eigenvalue weighted by atomic mass is 16.6. The van der Waals surface area contributed by atoms with E-state index in [1.54, 1.807) is 6.92 Å². The van der Waals surface area contributed by atoms with Gasteiger partial charge in [0.15, 0.2) is 5.54 Å². The van der Waals surface area contributed by atoms with E-state index in [-0.39, 0.29) is 19.6 Å². The van der Waals surface area contributed by atoms with Gasteiger partial charge in [-0.3, -0.25) is 4.79 Å². The van der Waals surface area contributed by atoms with Gasteiger partial charge in [-0.1, -0.05) is 54.6 Å². The lowest BCUT2D eigenvalue weighted by atomic mass is 9.76. The van der Waals surface area contributed by atoms with E-state index >= 15 is 0 Å². The molecule has 1 aliphatic rings. The first-order valence-corrected chi connectivity index (χ1v) is 10.3. The molecular formula is C24H30N2O5. The third-order valence-electron chi connectivity index (χ3n) is 5.20. The third-order valence-corrected chi connectivity index (χ3v) is 5.20. The quantitative estimate of drug-likeness (QED) is 0.737. The van der Waals surface area contributed by atoms with Crippen LogP contribution in [0.25, 0.3) is 0 Å². The van der Waals surface area contributed by atoms with Gasteiger partial charge in [0.2, 0.25) is 5.91 Å².